The Hall–Kier alpha value is -1.07. The van der Waals surface area contributed by atoms with Gasteiger partial charge in [0.1, 0.15) is 5.78 Å². The molecule has 0 spiro atoms. The second-order valence-corrected chi connectivity index (χ2v) is 3.93. The molecule has 0 atom stereocenters. The topological polar surface area (TPSA) is 17.1 Å². The van der Waals surface area contributed by atoms with Gasteiger partial charge in [-0.05, 0) is 11.1 Å². The molecule has 1 aromatic rings. The molecule has 0 amide bonds. The highest BCUT2D eigenvalue weighted by Crippen LogP contribution is 2.09. The van der Waals surface area contributed by atoms with Crippen LogP contribution in [0, 0.1) is 12.3 Å². The van der Waals surface area contributed by atoms with Crippen LogP contribution in [0.15, 0.2) is 24.3 Å². The zero-order valence-corrected chi connectivity index (χ0v) is 10.1. The first-order chi connectivity index (χ1) is 7.26. The van der Waals surface area contributed by atoms with Crippen LogP contribution in [0.5, 0.6) is 0 Å². The SMILES string of the molecule is C#CCCC(=O)Cc1ccc(CBr)cc1. The summed E-state index contributed by atoms with van der Waals surface area (Å²) < 4.78 is 0. The maximum Gasteiger partial charge on any atom is 0.138 e. The second kappa shape index (κ2) is 6.42. The Kier molecular flexibility index (Phi) is 5.14. The molecule has 1 rings (SSSR count). The van der Waals surface area contributed by atoms with Gasteiger partial charge in [-0.25, -0.2) is 0 Å². The van der Waals surface area contributed by atoms with E-state index in [0.717, 1.165) is 10.9 Å². The molecular weight excluding hydrogens is 252 g/mol. The van der Waals surface area contributed by atoms with Crippen molar-refractivity contribution in [1.82, 2.24) is 0 Å². The first-order valence-corrected chi connectivity index (χ1v) is 5.97. The van der Waals surface area contributed by atoms with Gasteiger partial charge in [0.15, 0.2) is 0 Å². The van der Waals surface area contributed by atoms with Crippen molar-refractivity contribution >= 4 is 21.7 Å². The van der Waals surface area contributed by atoms with E-state index in [1.165, 1.54) is 5.56 Å². The molecule has 0 unspecified atom stereocenters. The third-order valence-corrected chi connectivity index (χ3v) is 2.77. The van der Waals surface area contributed by atoms with Crippen LogP contribution in [0.4, 0.5) is 0 Å². The van der Waals surface area contributed by atoms with Gasteiger partial charge in [-0.1, -0.05) is 40.2 Å². The van der Waals surface area contributed by atoms with E-state index in [0.29, 0.717) is 19.3 Å². The molecular formula is C13H13BrO. The molecule has 0 radical (unpaired) electrons. The predicted molar refractivity (Wildman–Crippen MR) is 65.9 cm³/mol. The number of hydrogen-bond acceptors (Lipinski definition) is 1. The summed E-state index contributed by atoms with van der Waals surface area (Å²) in [5, 5.41) is 0.846. The number of carbonyl (C=O) groups is 1. The Bertz CT molecular complexity index is 359. The number of hydrogen-bond donors (Lipinski definition) is 0. The van der Waals surface area contributed by atoms with Gasteiger partial charge in [0, 0.05) is 24.6 Å². The van der Waals surface area contributed by atoms with Crippen molar-refractivity contribution in [3.8, 4) is 12.3 Å². The first kappa shape index (κ1) is 12.0. The minimum atomic E-state index is 0.208. The molecule has 0 aliphatic carbocycles. The fourth-order valence-corrected chi connectivity index (χ4v) is 1.65. The van der Waals surface area contributed by atoms with E-state index in [9.17, 15) is 4.79 Å². The zero-order chi connectivity index (χ0) is 11.1. The van der Waals surface area contributed by atoms with Crippen LogP contribution >= 0.6 is 15.9 Å². The van der Waals surface area contributed by atoms with Crippen molar-refractivity contribution in [1.29, 1.82) is 0 Å². The number of Topliss-reactive ketones (excluding diaryl/α,β-unsaturated/α-hetero) is 1. The maximum atomic E-state index is 11.4. The van der Waals surface area contributed by atoms with Gasteiger partial charge >= 0.3 is 0 Å². The zero-order valence-electron chi connectivity index (χ0n) is 8.50. The highest BCUT2D eigenvalue weighted by Gasteiger charge is 2.02. The van der Waals surface area contributed by atoms with Crippen LogP contribution in [-0.4, -0.2) is 5.78 Å². The number of alkyl halides is 1. The molecule has 0 aliphatic rings. The fraction of sp³-hybridized carbons (Fsp3) is 0.308. The predicted octanol–water partition coefficient (Wildman–Crippen LogP) is 3.11. The lowest BCUT2D eigenvalue weighted by molar-refractivity contribution is -0.118. The van der Waals surface area contributed by atoms with Crippen molar-refractivity contribution in [2.75, 3.05) is 0 Å². The van der Waals surface area contributed by atoms with Crippen LogP contribution in [0.25, 0.3) is 0 Å². The summed E-state index contributed by atoms with van der Waals surface area (Å²) in [4.78, 5) is 11.4. The summed E-state index contributed by atoms with van der Waals surface area (Å²) in [5.74, 6) is 2.68. The monoisotopic (exact) mass is 264 g/mol. The molecule has 0 fully saturated rings. The third kappa shape index (κ3) is 4.31. The summed E-state index contributed by atoms with van der Waals surface area (Å²) in [6.45, 7) is 0. The Morgan fingerprint density at radius 3 is 2.40 bits per heavy atom. The number of rotatable bonds is 5. The van der Waals surface area contributed by atoms with Gasteiger partial charge in [0.25, 0.3) is 0 Å². The van der Waals surface area contributed by atoms with Gasteiger partial charge in [0.05, 0.1) is 0 Å². The molecule has 0 bridgehead atoms. The van der Waals surface area contributed by atoms with Crippen LogP contribution in [0.2, 0.25) is 0 Å². The molecule has 0 heterocycles. The van der Waals surface area contributed by atoms with Gasteiger partial charge in [-0.3, -0.25) is 4.79 Å². The minimum Gasteiger partial charge on any atom is -0.299 e. The molecule has 0 aromatic heterocycles. The fourth-order valence-electron chi connectivity index (χ4n) is 1.27. The van der Waals surface area contributed by atoms with Crippen molar-refractivity contribution in [3.63, 3.8) is 0 Å². The Balaban J connectivity index is 2.50. The number of carbonyl (C=O) groups excluding carboxylic acids is 1. The normalized spacial score (nSPS) is 9.60. The third-order valence-electron chi connectivity index (χ3n) is 2.13. The molecule has 15 heavy (non-hydrogen) atoms. The Morgan fingerprint density at radius 2 is 1.87 bits per heavy atom. The molecule has 0 saturated carbocycles. The lowest BCUT2D eigenvalue weighted by atomic mass is 10.0. The Morgan fingerprint density at radius 1 is 1.27 bits per heavy atom. The minimum absolute atomic E-state index is 0.208. The smallest absolute Gasteiger partial charge is 0.138 e. The summed E-state index contributed by atoms with van der Waals surface area (Å²) >= 11 is 3.38. The van der Waals surface area contributed by atoms with E-state index in [1.807, 2.05) is 24.3 Å². The Labute approximate surface area is 99.0 Å². The molecule has 1 aromatic carbocycles. The lowest BCUT2D eigenvalue weighted by Crippen LogP contribution is -2.01. The second-order valence-electron chi connectivity index (χ2n) is 3.37. The summed E-state index contributed by atoms with van der Waals surface area (Å²) in [7, 11) is 0. The van der Waals surface area contributed by atoms with E-state index in [4.69, 9.17) is 6.42 Å². The number of terminal acetylenes is 1. The van der Waals surface area contributed by atoms with Crippen molar-refractivity contribution < 1.29 is 4.79 Å². The molecule has 78 valence electrons. The van der Waals surface area contributed by atoms with E-state index in [1.54, 1.807) is 0 Å². The molecule has 0 N–H and O–H groups in total. The van der Waals surface area contributed by atoms with E-state index < -0.39 is 0 Å². The average Bonchev–Trinajstić information content (AvgIpc) is 2.27. The van der Waals surface area contributed by atoms with Crippen LogP contribution in [0.1, 0.15) is 24.0 Å². The summed E-state index contributed by atoms with van der Waals surface area (Å²) in [5.41, 5.74) is 2.27. The van der Waals surface area contributed by atoms with Crippen LogP contribution in [0.3, 0.4) is 0 Å². The molecule has 1 nitrogen and oxygen atoms in total. The first-order valence-electron chi connectivity index (χ1n) is 4.85. The number of benzene rings is 1. The van der Waals surface area contributed by atoms with Crippen molar-refractivity contribution in [2.45, 2.75) is 24.6 Å². The van der Waals surface area contributed by atoms with E-state index >= 15 is 0 Å². The van der Waals surface area contributed by atoms with E-state index in [-0.39, 0.29) is 5.78 Å². The van der Waals surface area contributed by atoms with Crippen LogP contribution in [-0.2, 0) is 16.5 Å². The lowest BCUT2D eigenvalue weighted by Gasteiger charge is -2.01. The van der Waals surface area contributed by atoms with Gasteiger partial charge in [-0.15, -0.1) is 12.3 Å². The quantitative estimate of drug-likeness (QED) is 0.590. The van der Waals surface area contributed by atoms with Gasteiger partial charge < -0.3 is 0 Å². The van der Waals surface area contributed by atoms with Crippen molar-refractivity contribution in [2.24, 2.45) is 0 Å². The average molecular weight is 265 g/mol. The largest absolute Gasteiger partial charge is 0.299 e. The van der Waals surface area contributed by atoms with Crippen LogP contribution < -0.4 is 0 Å². The molecule has 2 heteroatoms. The van der Waals surface area contributed by atoms with Gasteiger partial charge in [-0.2, -0.15) is 0 Å². The van der Waals surface area contributed by atoms with Crippen molar-refractivity contribution in [3.05, 3.63) is 35.4 Å². The molecule has 0 aliphatic heterocycles. The highest BCUT2D eigenvalue weighted by molar-refractivity contribution is 9.08. The number of halogens is 1. The standard InChI is InChI=1S/C13H13BrO/c1-2-3-4-13(15)9-11-5-7-12(10-14)8-6-11/h1,5-8H,3-4,9-10H2. The highest BCUT2D eigenvalue weighted by atomic mass is 79.9. The maximum absolute atomic E-state index is 11.4. The molecule has 0 saturated heterocycles. The summed E-state index contributed by atoms with van der Waals surface area (Å²) in [6, 6.07) is 8.03. The van der Waals surface area contributed by atoms with Gasteiger partial charge in [0.2, 0.25) is 0 Å². The number of ketones is 1. The van der Waals surface area contributed by atoms with E-state index in [2.05, 4.69) is 21.9 Å². The summed E-state index contributed by atoms with van der Waals surface area (Å²) in [6.07, 6.45) is 6.61.